The fourth-order valence-electron chi connectivity index (χ4n) is 3.03. The van der Waals surface area contributed by atoms with Crippen LogP contribution in [0, 0.1) is 23.2 Å². The van der Waals surface area contributed by atoms with E-state index in [1.165, 1.54) is 0 Å². The van der Waals surface area contributed by atoms with Crippen molar-refractivity contribution in [2.24, 2.45) is 23.2 Å². The molecule has 2 atom stereocenters. The van der Waals surface area contributed by atoms with E-state index in [1.807, 2.05) is 0 Å². The fraction of sp³-hybridized carbons (Fsp3) is 0.471. The molecule has 3 N–H and O–H groups in total. The van der Waals surface area contributed by atoms with Gasteiger partial charge in [-0.25, -0.2) is 0 Å². The Morgan fingerprint density at radius 3 is 1.83 bits per heavy atom. The summed E-state index contributed by atoms with van der Waals surface area (Å²) in [4.78, 5) is 35.0. The SMILES string of the molecule is CC1(C)[C@H](C(=O)O)[C@@H]1C(=O)Nc1ccc(NC(=O)C2CC2)cc1. The van der Waals surface area contributed by atoms with Gasteiger partial charge in [-0.15, -0.1) is 0 Å². The first-order valence-corrected chi connectivity index (χ1v) is 7.75. The number of carboxylic acid groups (broad SMARTS) is 1. The van der Waals surface area contributed by atoms with Crippen LogP contribution in [-0.4, -0.2) is 22.9 Å². The van der Waals surface area contributed by atoms with Gasteiger partial charge in [0.1, 0.15) is 0 Å². The Morgan fingerprint density at radius 1 is 0.957 bits per heavy atom. The highest BCUT2D eigenvalue weighted by Gasteiger charge is 2.65. The molecule has 0 spiro atoms. The molecule has 0 aromatic heterocycles. The first kappa shape index (κ1) is 15.5. The van der Waals surface area contributed by atoms with Crippen molar-refractivity contribution in [3.05, 3.63) is 24.3 Å². The Kier molecular flexibility index (Phi) is 3.62. The molecule has 0 saturated heterocycles. The van der Waals surface area contributed by atoms with Gasteiger partial charge < -0.3 is 15.7 Å². The van der Waals surface area contributed by atoms with E-state index >= 15 is 0 Å². The number of rotatable bonds is 5. The van der Waals surface area contributed by atoms with Crippen LogP contribution < -0.4 is 10.6 Å². The van der Waals surface area contributed by atoms with Gasteiger partial charge in [-0.3, -0.25) is 14.4 Å². The van der Waals surface area contributed by atoms with Gasteiger partial charge in [0.2, 0.25) is 11.8 Å². The first-order chi connectivity index (χ1) is 10.8. The van der Waals surface area contributed by atoms with Crippen LogP contribution in [0.4, 0.5) is 11.4 Å². The van der Waals surface area contributed by atoms with Gasteiger partial charge in [0, 0.05) is 17.3 Å². The van der Waals surface area contributed by atoms with E-state index in [0.29, 0.717) is 11.4 Å². The molecule has 2 aliphatic carbocycles. The molecular formula is C17H20N2O4. The highest BCUT2D eigenvalue weighted by Crippen LogP contribution is 2.58. The molecule has 2 amide bonds. The number of carbonyl (C=O) groups is 3. The van der Waals surface area contributed by atoms with E-state index in [1.54, 1.807) is 38.1 Å². The third-order valence-corrected chi connectivity index (χ3v) is 4.74. The summed E-state index contributed by atoms with van der Waals surface area (Å²) < 4.78 is 0. The minimum absolute atomic E-state index is 0.0332. The summed E-state index contributed by atoms with van der Waals surface area (Å²) in [5.41, 5.74) is 0.759. The lowest BCUT2D eigenvalue weighted by atomic mass is 10.1. The van der Waals surface area contributed by atoms with Crippen LogP contribution in [0.2, 0.25) is 0 Å². The quantitative estimate of drug-likeness (QED) is 0.777. The smallest absolute Gasteiger partial charge is 0.307 e. The number of carboxylic acids is 1. The molecule has 1 aromatic rings. The second-order valence-electron chi connectivity index (χ2n) is 6.95. The fourth-order valence-corrected chi connectivity index (χ4v) is 3.03. The first-order valence-electron chi connectivity index (χ1n) is 7.75. The van der Waals surface area contributed by atoms with Crippen molar-refractivity contribution in [3.63, 3.8) is 0 Å². The van der Waals surface area contributed by atoms with E-state index in [9.17, 15) is 14.4 Å². The van der Waals surface area contributed by atoms with Crippen LogP contribution in [0.3, 0.4) is 0 Å². The third kappa shape index (κ3) is 3.06. The van der Waals surface area contributed by atoms with Crippen LogP contribution in [0.5, 0.6) is 0 Å². The van der Waals surface area contributed by atoms with Crippen molar-refractivity contribution in [3.8, 4) is 0 Å². The maximum Gasteiger partial charge on any atom is 0.307 e. The number of anilines is 2. The normalized spacial score (nSPS) is 24.6. The van der Waals surface area contributed by atoms with Crippen molar-refractivity contribution in [2.45, 2.75) is 26.7 Å². The molecule has 23 heavy (non-hydrogen) atoms. The second-order valence-corrected chi connectivity index (χ2v) is 6.95. The Labute approximate surface area is 134 Å². The van der Waals surface area contributed by atoms with E-state index in [2.05, 4.69) is 10.6 Å². The van der Waals surface area contributed by atoms with Gasteiger partial charge in [0.05, 0.1) is 11.8 Å². The molecule has 0 bridgehead atoms. The molecule has 0 unspecified atom stereocenters. The maximum absolute atomic E-state index is 12.2. The number of nitrogens with one attached hydrogen (secondary N) is 2. The highest BCUT2D eigenvalue weighted by molar-refractivity contribution is 6.00. The van der Waals surface area contributed by atoms with Crippen LogP contribution in [0.1, 0.15) is 26.7 Å². The number of amides is 2. The molecule has 2 aliphatic rings. The van der Waals surface area contributed by atoms with Crippen molar-refractivity contribution < 1.29 is 19.5 Å². The number of hydrogen-bond acceptors (Lipinski definition) is 3. The molecule has 122 valence electrons. The van der Waals surface area contributed by atoms with Crippen LogP contribution in [0.25, 0.3) is 0 Å². The minimum atomic E-state index is -0.937. The molecule has 2 saturated carbocycles. The predicted molar refractivity (Wildman–Crippen MR) is 84.8 cm³/mol. The molecule has 0 heterocycles. The zero-order valence-corrected chi connectivity index (χ0v) is 13.1. The largest absolute Gasteiger partial charge is 0.481 e. The zero-order valence-electron chi connectivity index (χ0n) is 13.1. The van der Waals surface area contributed by atoms with E-state index in [-0.39, 0.29) is 17.7 Å². The lowest BCUT2D eigenvalue weighted by molar-refractivity contribution is -0.140. The lowest BCUT2D eigenvalue weighted by Gasteiger charge is -2.08. The van der Waals surface area contributed by atoms with Crippen molar-refractivity contribution >= 4 is 29.2 Å². The molecule has 1 aromatic carbocycles. The number of hydrogen-bond donors (Lipinski definition) is 3. The van der Waals surface area contributed by atoms with Crippen LogP contribution >= 0.6 is 0 Å². The molecule has 6 heteroatoms. The lowest BCUT2D eigenvalue weighted by Crippen LogP contribution is -2.18. The number of aliphatic carboxylic acids is 1. The average Bonchev–Trinajstić information content (AvgIpc) is 3.35. The van der Waals surface area contributed by atoms with Crippen LogP contribution in [-0.2, 0) is 14.4 Å². The molecule has 2 fully saturated rings. The summed E-state index contributed by atoms with van der Waals surface area (Å²) >= 11 is 0. The summed E-state index contributed by atoms with van der Waals surface area (Å²) in [6.45, 7) is 3.57. The van der Waals surface area contributed by atoms with Gasteiger partial charge in [0.15, 0.2) is 0 Å². The molecular weight excluding hydrogens is 296 g/mol. The number of benzene rings is 1. The molecule has 6 nitrogen and oxygen atoms in total. The van der Waals surface area contributed by atoms with Crippen LogP contribution in [0.15, 0.2) is 24.3 Å². The summed E-state index contributed by atoms with van der Waals surface area (Å²) in [6, 6.07) is 6.85. The summed E-state index contributed by atoms with van der Waals surface area (Å²) in [5, 5.41) is 14.7. The van der Waals surface area contributed by atoms with E-state index in [4.69, 9.17) is 5.11 Å². The monoisotopic (exact) mass is 316 g/mol. The highest BCUT2D eigenvalue weighted by atomic mass is 16.4. The Hall–Kier alpha value is -2.37. The molecule has 0 radical (unpaired) electrons. The molecule has 0 aliphatic heterocycles. The summed E-state index contributed by atoms with van der Waals surface area (Å²) in [7, 11) is 0. The second kappa shape index (κ2) is 5.37. The molecule has 3 rings (SSSR count). The Balaban J connectivity index is 1.59. The van der Waals surface area contributed by atoms with E-state index in [0.717, 1.165) is 12.8 Å². The van der Waals surface area contributed by atoms with Gasteiger partial charge >= 0.3 is 5.97 Å². The topological polar surface area (TPSA) is 95.5 Å². The number of carbonyl (C=O) groups excluding carboxylic acids is 2. The van der Waals surface area contributed by atoms with Crippen molar-refractivity contribution in [1.29, 1.82) is 0 Å². The maximum atomic E-state index is 12.2. The third-order valence-electron chi connectivity index (χ3n) is 4.74. The minimum Gasteiger partial charge on any atom is -0.481 e. The van der Waals surface area contributed by atoms with Gasteiger partial charge in [-0.05, 0) is 42.5 Å². The van der Waals surface area contributed by atoms with Crippen molar-refractivity contribution in [2.75, 3.05) is 10.6 Å². The Morgan fingerprint density at radius 2 is 1.43 bits per heavy atom. The predicted octanol–water partition coefficient (Wildman–Crippen LogP) is 2.33. The summed E-state index contributed by atoms with van der Waals surface area (Å²) in [5.74, 6) is -2.20. The van der Waals surface area contributed by atoms with Gasteiger partial charge in [0.25, 0.3) is 0 Å². The standard InChI is InChI=1S/C17H20N2O4/c1-17(2)12(13(17)16(22)23)15(21)19-11-7-5-10(6-8-11)18-14(20)9-3-4-9/h5-9,12-13H,3-4H2,1-2H3,(H,18,20)(H,19,21)(H,22,23)/t12-,13+/m1/s1. The van der Waals surface area contributed by atoms with Gasteiger partial charge in [-0.1, -0.05) is 13.8 Å². The zero-order chi connectivity index (χ0) is 16.8. The Bertz CT molecular complexity index is 662. The van der Waals surface area contributed by atoms with Crippen molar-refractivity contribution in [1.82, 2.24) is 0 Å². The summed E-state index contributed by atoms with van der Waals surface area (Å²) in [6.07, 6.45) is 1.89. The van der Waals surface area contributed by atoms with E-state index < -0.39 is 23.2 Å². The van der Waals surface area contributed by atoms with Gasteiger partial charge in [-0.2, -0.15) is 0 Å². The average molecular weight is 316 g/mol.